The molecule has 1 heterocycles. The lowest BCUT2D eigenvalue weighted by Gasteiger charge is -2.17. The third-order valence-corrected chi connectivity index (χ3v) is 4.54. The molecule has 0 radical (unpaired) electrons. The van der Waals surface area contributed by atoms with E-state index in [2.05, 4.69) is 14.1 Å². The molecule has 108 valence electrons. The van der Waals surface area contributed by atoms with Crippen LogP contribution >= 0.6 is 46.5 Å². The lowest BCUT2D eigenvalue weighted by atomic mass is 10.1. The SMILES string of the molecule is CC(Nc1c(Cl)cc(Cl)c2nsnc12)c1ccc(Cl)cc1. The zero-order valence-corrected chi connectivity index (χ0v) is 14.0. The predicted molar refractivity (Wildman–Crippen MR) is 90.9 cm³/mol. The summed E-state index contributed by atoms with van der Waals surface area (Å²) < 4.78 is 8.47. The van der Waals surface area contributed by atoms with Crippen molar-refractivity contribution in [3.8, 4) is 0 Å². The number of nitrogens with zero attached hydrogens (tertiary/aromatic N) is 2. The maximum absolute atomic E-state index is 6.29. The van der Waals surface area contributed by atoms with Crippen LogP contribution in [0.15, 0.2) is 30.3 Å². The van der Waals surface area contributed by atoms with Gasteiger partial charge in [-0.25, -0.2) is 0 Å². The fourth-order valence-corrected chi connectivity index (χ4v) is 3.36. The van der Waals surface area contributed by atoms with E-state index in [1.165, 1.54) is 0 Å². The third kappa shape index (κ3) is 2.94. The van der Waals surface area contributed by atoms with Crippen LogP contribution < -0.4 is 5.32 Å². The molecule has 2 aromatic carbocycles. The van der Waals surface area contributed by atoms with Crippen molar-refractivity contribution >= 4 is 63.3 Å². The second-order valence-electron chi connectivity index (χ2n) is 4.59. The van der Waals surface area contributed by atoms with E-state index in [9.17, 15) is 0 Å². The maximum Gasteiger partial charge on any atom is 0.130 e. The zero-order chi connectivity index (χ0) is 15.0. The van der Waals surface area contributed by atoms with Gasteiger partial charge in [-0.05, 0) is 30.7 Å². The summed E-state index contributed by atoms with van der Waals surface area (Å²) in [5.74, 6) is 0. The molecule has 0 fully saturated rings. The van der Waals surface area contributed by atoms with Crippen LogP contribution in [0, 0.1) is 0 Å². The molecule has 7 heteroatoms. The molecule has 3 rings (SSSR count). The van der Waals surface area contributed by atoms with E-state index in [4.69, 9.17) is 34.8 Å². The van der Waals surface area contributed by atoms with Crippen molar-refractivity contribution in [3.63, 3.8) is 0 Å². The molecule has 0 saturated carbocycles. The van der Waals surface area contributed by atoms with Gasteiger partial charge in [0.2, 0.25) is 0 Å². The van der Waals surface area contributed by atoms with Gasteiger partial charge in [-0.3, -0.25) is 0 Å². The number of halogens is 3. The Balaban J connectivity index is 1.98. The highest BCUT2D eigenvalue weighted by atomic mass is 35.5. The number of anilines is 1. The summed E-state index contributed by atoms with van der Waals surface area (Å²) in [5, 5.41) is 5.12. The number of aromatic nitrogens is 2. The smallest absolute Gasteiger partial charge is 0.130 e. The largest absolute Gasteiger partial charge is 0.375 e. The van der Waals surface area contributed by atoms with E-state index in [1.54, 1.807) is 6.07 Å². The highest BCUT2D eigenvalue weighted by Crippen LogP contribution is 2.37. The van der Waals surface area contributed by atoms with Gasteiger partial charge in [-0.2, -0.15) is 8.75 Å². The third-order valence-electron chi connectivity index (χ3n) is 3.17. The molecule has 1 N–H and O–H groups in total. The summed E-state index contributed by atoms with van der Waals surface area (Å²) in [5.41, 5.74) is 3.20. The average molecular weight is 359 g/mol. The quantitative estimate of drug-likeness (QED) is 0.640. The minimum absolute atomic E-state index is 0.0471. The molecule has 3 aromatic rings. The molecule has 0 saturated heterocycles. The molecule has 0 bridgehead atoms. The molecule has 0 spiro atoms. The molecular formula is C14H10Cl3N3S. The lowest BCUT2D eigenvalue weighted by Crippen LogP contribution is -2.07. The summed E-state index contributed by atoms with van der Waals surface area (Å²) in [6.45, 7) is 2.04. The number of nitrogens with one attached hydrogen (secondary N) is 1. The Hall–Kier alpha value is -1.07. The second kappa shape index (κ2) is 5.97. The van der Waals surface area contributed by atoms with Crippen molar-refractivity contribution < 1.29 is 0 Å². The van der Waals surface area contributed by atoms with E-state index < -0.39 is 0 Å². The van der Waals surface area contributed by atoms with Crippen LogP contribution in [0.4, 0.5) is 5.69 Å². The first-order valence-electron chi connectivity index (χ1n) is 6.18. The fraction of sp³-hybridized carbons (Fsp3) is 0.143. The van der Waals surface area contributed by atoms with Crippen LogP contribution in [-0.4, -0.2) is 8.75 Å². The molecule has 1 unspecified atom stereocenters. The van der Waals surface area contributed by atoms with Gasteiger partial charge in [0.25, 0.3) is 0 Å². The Morgan fingerprint density at radius 3 is 2.38 bits per heavy atom. The topological polar surface area (TPSA) is 37.8 Å². The molecule has 1 atom stereocenters. The zero-order valence-electron chi connectivity index (χ0n) is 10.9. The van der Waals surface area contributed by atoms with E-state index >= 15 is 0 Å². The molecule has 1 aromatic heterocycles. The first-order chi connectivity index (χ1) is 10.1. The number of benzene rings is 2. The molecule has 0 amide bonds. The maximum atomic E-state index is 6.29. The van der Waals surface area contributed by atoms with Gasteiger partial charge in [0.05, 0.1) is 27.5 Å². The molecule has 21 heavy (non-hydrogen) atoms. The van der Waals surface area contributed by atoms with E-state index in [-0.39, 0.29) is 6.04 Å². The van der Waals surface area contributed by atoms with Crippen molar-refractivity contribution in [1.29, 1.82) is 0 Å². The monoisotopic (exact) mass is 357 g/mol. The Morgan fingerprint density at radius 2 is 1.67 bits per heavy atom. The minimum atomic E-state index is 0.0471. The van der Waals surface area contributed by atoms with Crippen LogP contribution in [0.25, 0.3) is 11.0 Å². The Kier molecular flexibility index (Phi) is 4.22. The summed E-state index contributed by atoms with van der Waals surface area (Å²) in [6.07, 6.45) is 0. The molecule has 0 aliphatic rings. The van der Waals surface area contributed by atoms with E-state index in [0.29, 0.717) is 26.1 Å². The summed E-state index contributed by atoms with van der Waals surface area (Å²) in [7, 11) is 0. The van der Waals surface area contributed by atoms with Crippen LogP contribution in [0.3, 0.4) is 0 Å². The number of hydrogen-bond acceptors (Lipinski definition) is 4. The van der Waals surface area contributed by atoms with Crippen LogP contribution in [0.2, 0.25) is 15.1 Å². The summed E-state index contributed by atoms with van der Waals surface area (Å²) in [4.78, 5) is 0. The average Bonchev–Trinajstić information content (AvgIpc) is 2.93. The number of rotatable bonds is 3. The van der Waals surface area contributed by atoms with Crippen molar-refractivity contribution in [2.75, 3.05) is 5.32 Å². The molecule has 0 aliphatic carbocycles. The number of fused-ring (bicyclic) bond motifs is 1. The Labute approximate surface area is 141 Å². The number of hydrogen-bond donors (Lipinski definition) is 1. The molecule has 3 nitrogen and oxygen atoms in total. The standard InChI is InChI=1S/C14H10Cl3N3S/c1-7(8-2-4-9(15)5-3-8)18-12-10(16)6-11(17)13-14(12)20-21-19-13/h2-7,18H,1H3. The predicted octanol–water partition coefficient (Wildman–Crippen LogP) is 5.82. The first-order valence-corrected chi connectivity index (χ1v) is 8.05. The summed E-state index contributed by atoms with van der Waals surface area (Å²) in [6, 6.07) is 9.40. The van der Waals surface area contributed by atoms with Gasteiger partial charge in [0.1, 0.15) is 11.0 Å². The van der Waals surface area contributed by atoms with Crippen molar-refractivity contribution in [2.24, 2.45) is 0 Å². The fourth-order valence-electron chi connectivity index (χ4n) is 2.06. The Bertz CT molecular complexity index is 786. The van der Waals surface area contributed by atoms with Crippen molar-refractivity contribution in [2.45, 2.75) is 13.0 Å². The molecular weight excluding hydrogens is 349 g/mol. The second-order valence-corrected chi connectivity index (χ2v) is 6.37. The van der Waals surface area contributed by atoms with Gasteiger partial charge in [0, 0.05) is 11.1 Å². The highest BCUT2D eigenvalue weighted by molar-refractivity contribution is 7.00. The highest BCUT2D eigenvalue weighted by Gasteiger charge is 2.16. The van der Waals surface area contributed by atoms with Crippen molar-refractivity contribution in [1.82, 2.24) is 8.75 Å². The van der Waals surface area contributed by atoms with Gasteiger partial charge >= 0.3 is 0 Å². The van der Waals surface area contributed by atoms with Crippen LogP contribution in [0.5, 0.6) is 0 Å². The van der Waals surface area contributed by atoms with Crippen molar-refractivity contribution in [3.05, 3.63) is 51.0 Å². The van der Waals surface area contributed by atoms with E-state index in [1.807, 2.05) is 31.2 Å². The van der Waals surface area contributed by atoms with Gasteiger partial charge < -0.3 is 5.32 Å². The van der Waals surface area contributed by atoms with Crippen LogP contribution in [0.1, 0.15) is 18.5 Å². The Morgan fingerprint density at radius 1 is 1.00 bits per heavy atom. The molecule has 0 aliphatic heterocycles. The van der Waals surface area contributed by atoms with Crippen LogP contribution in [-0.2, 0) is 0 Å². The minimum Gasteiger partial charge on any atom is -0.375 e. The normalized spacial score (nSPS) is 12.6. The van der Waals surface area contributed by atoms with E-state index in [0.717, 1.165) is 23.0 Å². The lowest BCUT2D eigenvalue weighted by molar-refractivity contribution is 0.886. The van der Waals surface area contributed by atoms with Gasteiger partial charge in [-0.15, -0.1) is 0 Å². The first kappa shape index (κ1) is 14.9. The van der Waals surface area contributed by atoms with Gasteiger partial charge in [0.15, 0.2) is 0 Å². The summed E-state index contributed by atoms with van der Waals surface area (Å²) >= 11 is 19.4. The van der Waals surface area contributed by atoms with Gasteiger partial charge in [-0.1, -0.05) is 46.9 Å².